The normalized spacial score (nSPS) is 9.94. The minimum Gasteiger partial charge on any atom is -0.379 e. The third-order valence-corrected chi connectivity index (χ3v) is 4.27. The van der Waals surface area contributed by atoms with E-state index in [9.17, 15) is 0 Å². The van der Waals surface area contributed by atoms with Crippen molar-refractivity contribution in [3.8, 4) is 6.07 Å². The van der Waals surface area contributed by atoms with Crippen LogP contribution in [0, 0.1) is 14.9 Å². The molecule has 0 bridgehead atoms. The van der Waals surface area contributed by atoms with Gasteiger partial charge < -0.3 is 5.32 Å². The largest absolute Gasteiger partial charge is 0.379 e. The van der Waals surface area contributed by atoms with E-state index >= 15 is 0 Å². The number of benzene rings is 1. The number of nitrogens with one attached hydrogen (secondary N) is 1. The molecule has 0 fully saturated rings. The zero-order chi connectivity index (χ0) is 12.3. The molecule has 1 aromatic carbocycles. The van der Waals surface area contributed by atoms with E-state index in [0.717, 1.165) is 30.6 Å². The summed E-state index contributed by atoms with van der Waals surface area (Å²) in [7, 11) is 0. The maximum atomic E-state index is 8.73. The van der Waals surface area contributed by atoms with Crippen molar-refractivity contribution >= 4 is 51.2 Å². The molecule has 0 atom stereocenters. The fraction of sp³-hybridized carbons (Fsp3) is 0.0833. The van der Waals surface area contributed by atoms with E-state index in [4.69, 9.17) is 16.9 Å². The van der Waals surface area contributed by atoms with Crippen LogP contribution < -0.4 is 5.32 Å². The quantitative estimate of drug-likeness (QED) is 0.804. The molecule has 1 N–H and O–H groups in total. The summed E-state index contributed by atoms with van der Waals surface area (Å²) in [5.74, 6) is 0. The molecule has 86 valence electrons. The summed E-state index contributed by atoms with van der Waals surface area (Å²) in [5, 5.41) is 12.8. The van der Waals surface area contributed by atoms with Gasteiger partial charge in [0.1, 0.15) is 10.9 Å². The van der Waals surface area contributed by atoms with Crippen LogP contribution in [0.4, 0.5) is 5.69 Å². The van der Waals surface area contributed by atoms with Crippen LogP contribution in [0.5, 0.6) is 0 Å². The highest BCUT2D eigenvalue weighted by Gasteiger charge is 2.02. The summed E-state index contributed by atoms with van der Waals surface area (Å²) in [6, 6.07) is 11.7. The molecule has 0 aliphatic carbocycles. The second-order valence-corrected chi connectivity index (χ2v) is 6.12. The van der Waals surface area contributed by atoms with Crippen LogP contribution in [0.15, 0.2) is 30.3 Å². The summed E-state index contributed by atoms with van der Waals surface area (Å²) in [4.78, 5) is 1.89. The number of nitriles is 1. The van der Waals surface area contributed by atoms with Gasteiger partial charge in [0, 0.05) is 25.7 Å². The predicted molar refractivity (Wildman–Crippen MR) is 80.5 cm³/mol. The molecular weight excluding hydrogens is 367 g/mol. The molecule has 2 nitrogen and oxygen atoms in total. The molecule has 0 spiro atoms. The van der Waals surface area contributed by atoms with Crippen molar-refractivity contribution in [3.05, 3.63) is 48.7 Å². The third-order valence-electron chi connectivity index (χ3n) is 2.16. The van der Waals surface area contributed by atoms with Crippen LogP contribution in [-0.4, -0.2) is 0 Å². The van der Waals surface area contributed by atoms with E-state index in [1.165, 1.54) is 11.3 Å². The fourth-order valence-corrected chi connectivity index (χ4v) is 3.15. The first-order chi connectivity index (χ1) is 8.19. The maximum absolute atomic E-state index is 8.73. The summed E-state index contributed by atoms with van der Waals surface area (Å²) >= 11 is 9.64. The molecule has 2 aromatic rings. The number of rotatable bonds is 3. The lowest BCUT2D eigenvalue weighted by atomic mass is 10.3. The van der Waals surface area contributed by atoms with Gasteiger partial charge in [-0.1, -0.05) is 11.6 Å². The maximum Gasteiger partial charge on any atom is 0.110 e. The second-order valence-electron chi connectivity index (χ2n) is 3.36. The van der Waals surface area contributed by atoms with Crippen molar-refractivity contribution in [2.24, 2.45) is 0 Å². The average molecular weight is 375 g/mol. The van der Waals surface area contributed by atoms with Crippen molar-refractivity contribution in [3.63, 3.8) is 0 Å². The molecule has 1 heterocycles. The van der Waals surface area contributed by atoms with Crippen molar-refractivity contribution < 1.29 is 0 Å². The first-order valence-corrected chi connectivity index (χ1v) is 7.14. The lowest BCUT2D eigenvalue weighted by molar-refractivity contribution is 1.19. The Balaban J connectivity index is 2.05. The molecule has 0 aliphatic heterocycles. The van der Waals surface area contributed by atoms with E-state index in [2.05, 4.69) is 34.0 Å². The van der Waals surface area contributed by atoms with E-state index in [1.807, 2.05) is 30.3 Å². The Hall–Kier alpha value is -0.770. The predicted octanol–water partition coefficient (Wildman–Crippen LogP) is 4.49. The van der Waals surface area contributed by atoms with Crippen LogP contribution in [0.25, 0.3) is 0 Å². The Morgan fingerprint density at radius 3 is 2.82 bits per heavy atom. The molecule has 0 radical (unpaired) electrons. The minimum absolute atomic E-state index is 0.726. The Labute approximate surface area is 122 Å². The van der Waals surface area contributed by atoms with Gasteiger partial charge in [-0.15, -0.1) is 11.3 Å². The van der Waals surface area contributed by atoms with Gasteiger partial charge in [-0.2, -0.15) is 5.26 Å². The molecule has 0 aliphatic rings. The van der Waals surface area contributed by atoms with E-state index in [0.29, 0.717) is 0 Å². The molecule has 5 heteroatoms. The molecule has 1 aromatic heterocycles. The summed E-state index contributed by atoms with van der Waals surface area (Å²) in [5.41, 5.74) is 1.06. The molecule has 0 amide bonds. The summed E-state index contributed by atoms with van der Waals surface area (Å²) < 4.78 is 1.09. The average Bonchev–Trinajstić information content (AvgIpc) is 2.76. The lowest BCUT2D eigenvalue weighted by Gasteiger charge is -2.07. The number of anilines is 1. The van der Waals surface area contributed by atoms with Crippen LogP contribution >= 0.6 is 45.5 Å². The first kappa shape index (κ1) is 12.7. The van der Waals surface area contributed by atoms with Crippen LogP contribution in [0.3, 0.4) is 0 Å². The number of thiophene rings is 1. The van der Waals surface area contributed by atoms with E-state index in [-0.39, 0.29) is 0 Å². The van der Waals surface area contributed by atoms with Crippen molar-refractivity contribution in [2.75, 3.05) is 5.32 Å². The monoisotopic (exact) mass is 374 g/mol. The van der Waals surface area contributed by atoms with Gasteiger partial charge in [0.25, 0.3) is 0 Å². The number of hydrogen-bond donors (Lipinski definition) is 1. The molecule has 17 heavy (non-hydrogen) atoms. The SMILES string of the molecule is N#Cc1ccc(CNc2ccc(Cl)cc2I)s1. The first-order valence-electron chi connectivity index (χ1n) is 4.87. The highest BCUT2D eigenvalue weighted by atomic mass is 127. The highest BCUT2D eigenvalue weighted by Crippen LogP contribution is 2.24. The Morgan fingerprint density at radius 2 is 2.18 bits per heavy atom. The van der Waals surface area contributed by atoms with E-state index in [1.54, 1.807) is 0 Å². The molecule has 2 rings (SSSR count). The number of nitrogens with zero attached hydrogens (tertiary/aromatic N) is 1. The molecule has 0 saturated carbocycles. The molecule has 0 saturated heterocycles. The lowest BCUT2D eigenvalue weighted by Crippen LogP contribution is -1.98. The van der Waals surface area contributed by atoms with Crippen molar-refractivity contribution in [2.45, 2.75) is 6.54 Å². The zero-order valence-corrected chi connectivity index (χ0v) is 12.4. The second kappa shape index (κ2) is 5.71. The third kappa shape index (κ3) is 3.35. The van der Waals surface area contributed by atoms with Gasteiger partial charge in [0.2, 0.25) is 0 Å². The van der Waals surface area contributed by atoms with Crippen LogP contribution in [0.1, 0.15) is 9.75 Å². The number of hydrogen-bond acceptors (Lipinski definition) is 3. The number of halogens is 2. The molecular formula is C12H8ClIN2S. The van der Waals surface area contributed by atoms with Crippen LogP contribution in [-0.2, 0) is 6.54 Å². The van der Waals surface area contributed by atoms with Gasteiger partial charge >= 0.3 is 0 Å². The topological polar surface area (TPSA) is 35.8 Å². The zero-order valence-electron chi connectivity index (χ0n) is 8.71. The van der Waals surface area contributed by atoms with Gasteiger partial charge in [0.05, 0.1) is 0 Å². The van der Waals surface area contributed by atoms with E-state index < -0.39 is 0 Å². The van der Waals surface area contributed by atoms with Crippen LogP contribution in [0.2, 0.25) is 5.02 Å². The minimum atomic E-state index is 0.726. The standard InChI is InChI=1S/C12H8ClIN2S/c13-8-1-4-12(11(14)5-8)16-7-10-3-2-9(6-15)17-10/h1-5,16H,7H2. The Morgan fingerprint density at radius 1 is 1.35 bits per heavy atom. The molecule has 0 unspecified atom stereocenters. The summed E-state index contributed by atoms with van der Waals surface area (Å²) in [6.07, 6.45) is 0. The van der Waals surface area contributed by atoms with Gasteiger partial charge in [-0.05, 0) is 52.9 Å². The Bertz CT molecular complexity index is 574. The van der Waals surface area contributed by atoms with Gasteiger partial charge in [0.15, 0.2) is 0 Å². The van der Waals surface area contributed by atoms with Gasteiger partial charge in [-0.3, -0.25) is 0 Å². The fourth-order valence-electron chi connectivity index (χ4n) is 1.35. The van der Waals surface area contributed by atoms with Crippen molar-refractivity contribution in [1.82, 2.24) is 0 Å². The van der Waals surface area contributed by atoms with Gasteiger partial charge in [-0.25, -0.2) is 0 Å². The Kier molecular flexibility index (Phi) is 4.26. The smallest absolute Gasteiger partial charge is 0.110 e. The highest BCUT2D eigenvalue weighted by molar-refractivity contribution is 14.1. The summed E-state index contributed by atoms with van der Waals surface area (Å²) in [6.45, 7) is 0.726. The van der Waals surface area contributed by atoms with Crippen molar-refractivity contribution in [1.29, 1.82) is 5.26 Å².